The highest BCUT2D eigenvalue weighted by Gasteiger charge is 2.26. The molecule has 0 saturated heterocycles. The number of nitrogens with zero attached hydrogens (tertiary/aromatic N) is 3. The third-order valence-corrected chi connectivity index (χ3v) is 6.01. The van der Waals surface area contributed by atoms with Crippen molar-refractivity contribution in [3.05, 3.63) is 50.7 Å². The first-order valence-corrected chi connectivity index (χ1v) is 13.9. The zero-order valence-electron chi connectivity index (χ0n) is 23.5. The molecule has 1 aromatic heterocycles. The summed E-state index contributed by atoms with van der Waals surface area (Å²) in [5.41, 5.74) is -0.306. The van der Waals surface area contributed by atoms with Gasteiger partial charge in [-0.05, 0) is 63.1 Å². The van der Waals surface area contributed by atoms with E-state index in [9.17, 15) is 27.6 Å². The quantitative estimate of drug-likeness (QED) is 0.182. The van der Waals surface area contributed by atoms with Gasteiger partial charge in [0.15, 0.2) is 0 Å². The molecule has 9 nitrogen and oxygen atoms in total. The summed E-state index contributed by atoms with van der Waals surface area (Å²) in [6, 6.07) is 7.69. The van der Waals surface area contributed by atoms with E-state index in [0.717, 1.165) is 40.5 Å². The van der Waals surface area contributed by atoms with Crippen LogP contribution in [0.4, 0.5) is 13.2 Å². The Bertz CT molecular complexity index is 1180. The van der Waals surface area contributed by atoms with Crippen molar-refractivity contribution in [2.75, 3.05) is 13.2 Å². The Hall–Kier alpha value is -3.31. The number of hydrogen-bond acceptors (Lipinski definition) is 7. The van der Waals surface area contributed by atoms with Crippen molar-refractivity contribution >= 4 is 5.97 Å². The molecule has 0 fully saturated rings. The van der Waals surface area contributed by atoms with E-state index in [1.165, 1.54) is 0 Å². The van der Waals surface area contributed by atoms with Gasteiger partial charge in [0.2, 0.25) is 0 Å². The second-order valence-corrected chi connectivity index (χ2v) is 9.61. The number of carbonyl (C=O) groups is 1. The number of aryl methyl sites for hydroxylation is 2. The van der Waals surface area contributed by atoms with E-state index in [-0.39, 0.29) is 50.7 Å². The fourth-order valence-corrected chi connectivity index (χ4v) is 3.85. The standard InChI is InChI=1S/C28H40F3N3O6/c1-4-6-16-33-26(36)25(32-34(27(33)37)17-11-15-28(29,30)31)38-18-9-7-8-12-22-13-10-14-23(19-22)40-21(3)20-39-24(35)5-2/h10,13-14,19,21H,4-9,11-12,15-18,20H2,1-3H3. The Morgan fingerprint density at radius 2 is 1.82 bits per heavy atom. The van der Waals surface area contributed by atoms with E-state index in [1.807, 2.05) is 38.1 Å². The minimum Gasteiger partial charge on any atom is -0.487 e. The van der Waals surface area contributed by atoms with Crippen LogP contribution in [0.3, 0.4) is 0 Å². The van der Waals surface area contributed by atoms with E-state index in [1.54, 1.807) is 6.92 Å². The second-order valence-electron chi connectivity index (χ2n) is 9.61. The molecule has 0 aliphatic carbocycles. The molecule has 2 rings (SSSR count). The van der Waals surface area contributed by atoms with Gasteiger partial charge in [-0.25, -0.2) is 9.48 Å². The van der Waals surface area contributed by atoms with Gasteiger partial charge in [0.1, 0.15) is 18.5 Å². The molecule has 1 atom stereocenters. The lowest BCUT2D eigenvalue weighted by atomic mass is 10.1. The normalized spacial score (nSPS) is 12.2. The molecule has 0 bridgehead atoms. The fourth-order valence-electron chi connectivity index (χ4n) is 3.85. The molecular weight excluding hydrogens is 531 g/mol. The van der Waals surface area contributed by atoms with Crippen molar-refractivity contribution < 1.29 is 32.2 Å². The zero-order valence-corrected chi connectivity index (χ0v) is 23.5. The molecule has 0 amide bonds. The van der Waals surface area contributed by atoms with Crippen LogP contribution >= 0.6 is 0 Å². The first-order chi connectivity index (χ1) is 19.0. The number of esters is 1. The number of hydrogen-bond donors (Lipinski definition) is 0. The van der Waals surface area contributed by atoms with Gasteiger partial charge in [0.25, 0.3) is 5.88 Å². The molecule has 40 heavy (non-hydrogen) atoms. The van der Waals surface area contributed by atoms with Gasteiger partial charge in [-0.15, -0.1) is 5.10 Å². The molecule has 0 N–H and O–H groups in total. The Labute approximate surface area is 232 Å². The second kappa shape index (κ2) is 16.7. The van der Waals surface area contributed by atoms with Gasteiger partial charge in [-0.3, -0.25) is 14.2 Å². The van der Waals surface area contributed by atoms with Crippen LogP contribution in [0.1, 0.15) is 77.7 Å². The van der Waals surface area contributed by atoms with Crippen LogP contribution in [0.5, 0.6) is 11.6 Å². The van der Waals surface area contributed by atoms with Crippen molar-refractivity contribution in [1.82, 2.24) is 14.3 Å². The van der Waals surface area contributed by atoms with Crippen molar-refractivity contribution in [1.29, 1.82) is 0 Å². The van der Waals surface area contributed by atoms with Crippen LogP contribution in [-0.4, -0.2) is 45.8 Å². The van der Waals surface area contributed by atoms with Crippen molar-refractivity contribution in [2.24, 2.45) is 0 Å². The lowest BCUT2D eigenvalue weighted by molar-refractivity contribution is -0.145. The monoisotopic (exact) mass is 571 g/mol. The third kappa shape index (κ3) is 11.8. The lowest BCUT2D eigenvalue weighted by Gasteiger charge is -2.15. The van der Waals surface area contributed by atoms with E-state index >= 15 is 0 Å². The van der Waals surface area contributed by atoms with Crippen LogP contribution in [0, 0.1) is 0 Å². The maximum absolute atomic E-state index is 12.7. The summed E-state index contributed by atoms with van der Waals surface area (Å²) >= 11 is 0. The van der Waals surface area contributed by atoms with Gasteiger partial charge < -0.3 is 14.2 Å². The molecule has 1 aromatic carbocycles. The van der Waals surface area contributed by atoms with Gasteiger partial charge >= 0.3 is 23.4 Å². The van der Waals surface area contributed by atoms with Crippen molar-refractivity contribution in [3.8, 4) is 11.6 Å². The molecule has 0 radical (unpaired) electrons. The highest BCUT2D eigenvalue weighted by molar-refractivity contribution is 5.68. The SMILES string of the molecule is CCCCn1c(=O)c(OCCCCCc2cccc(OC(C)COC(=O)CC)c2)nn(CCCC(F)(F)F)c1=O. The molecule has 1 heterocycles. The van der Waals surface area contributed by atoms with Crippen molar-refractivity contribution in [2.45, 2.75) is 104 Å². The van der Waals surface area contributed by atoms with Crippen molar-refractivity contribution in [3.63, 3.8) is 0 Å². The number of benzene rings is 1. The number of aromatic nitrogens is 3. The smallest absolute Gasteiger partial charge is 0.389 e. The zero-order chi connectivity index (χ0) is 29.5. The summed E-state index contributed by atoms with van der Waals surface area (Å²) in [7, 11) is 0. The summed E-state index contributed by atoms with van der Waals surface area (Å²) in [4.78, 5) is 36.6. The minimum atomic E-state index is -4.34. The Morgan fingerprint density at radius 1 is 1.05 bits per heavy atom. The van der Waals surface area contributed by atoms with Gasteiger partial charge in [-0.2, -0.15) is 13.2 Å². The number of carbonyl (C=O) groups excluding carboxylic acids is 1. The maximum atomic E-state index is 12.7. The van der Waals surface area contributed by atoms with Gasteiger partial charge in [-0.1, -0.05) is 32.4 Å². The largest absolute Gasteiger partial charge is 0.487 e. The van der Waals surface area contributed by atoms with Gasteiger partial charge in [0.05, 0.1) is 6.61 Å². The topological polar surface area (TPSA) is 102 Å². The van der Waals surface area contributed by atoms with E-state index in [2.05, 4.69) is 5.10 Å². The Kier molecular flexibility index (Phi) is 13.7. The molecule has 1 unspecified atom stereocenters. The highest BCUT2D eigenvalue weighted by Crippen LogP contribution is 2.21. The summed E-state index contributed by atoms with van der Waals surface area (Å²) in [6.45, 7) is 5.73. The average molecular weight is 572 g/mol. The summed E-state index contributed by atoms with van der Waals surface area (Å²) in [6.07, 6.45) is -1.29. The van der Waals surface area contributed by atoms with Crippen LogP contribution in [0.25, 0.3) is 0 Å². The Morgan fingerprint density at radius 3 is 2.52 bits per heavy atom. The average Bonchev–Trinajstić information content (AvgIpc) is 2.90. The number of halogens is 3. The predicted octanol–water partition coefficient (Wildman–Crippen LogP) is 5.06. The first-order valence-electron chi connectivity index (χ1n) is 13.9. The van der Waals surface area contributed by atoms with Gasteiger partial charge in [0, 0.05) is 25.9 Å². The van der Waals surface area contributed by atoms with Crippen LogP contribution < -0.4 is 20.7 Å². The lowest BCUT2D eigenvalue weighted by Crippen LogP contribution is -2.42. The third-order valence-electron chi connectivity index (χ3n) is 6.01. The molecule has 2 aromatic rings. The van der Waals surface area contributed by atoms with Crippen LogP contribution in [0.15, 0.2) is 33.9 Å². The molecule has 0 saturated carbocycles. The number of rotatable bonds is 18. The predicted molar refractivity (Wildman–Crippen MR) is 144 cm³/mol. The van der Waals surface area contributed by atoms with E-state index < -0.39 is 23.8 Å². The van der Waals surface area contributed by atoms with Crippen LogP contribution in [0.2, 0.25) is 0 Å². The molecular formula is C28H40F3N3O6. The Balaban J connectivity index is 1.87. The molecule has 12 heteroatoms. The summed E-state index contributed by atoms with van der Waals surface area (Å²) in [5.74, 6) is 0.150. The summed E-state index contributed by atoms with van der Waals surface area (Å²) in [5, 5.41) is 3.93. The van der Waals surface area contributed by atoms with Crippen LogP contribution in [-0.2, 0) is 29.0 Å². The molecule has 0 spiro atoms. The molecule has 0 aliphatic heterocycles. The maximum Gasteiger partial charge on any atom is 0.389 e. The van der Waals surface area contributed by atoms with E-state index in [0.29, 0.717) is 25.0 Å². The molecule has 0 aliphatic rings. The molecule has 224 valence electrons. The number of unbranched alkanes of at least 4 members (excludes halogenated alkanes) is 3. The fraction of sp³-hybridized carbons (Fsp3) is 0.643. The number of alkyl halides is 3. The highest BCUT2D eigenvalue weighted by atomic mass is 19.4. The van der Waals surface area contributed by atoms with E-state index in [4.69, 9.17) is 14.2 Å². The first kappa shape index (κ1) is 32.9. The summed E-state index contributed by atoms with van der Waals surface area (Å²) < 4.78 is 56.0. The number of ether oxygens (including phenoxy) is 3. The minimum absolute atomic E-state index is 0.151.